The van der Waals surface area contributed by atoms with Crippen molar-refractivity contribution in [2.75, 3.05) is 26.6 Å². The van der Waals surface area contributed by atoms with Gasteiger partial charge in [0.15, 0.2) is 0 Å². The first-order valence-electron chi connectivity index (χ1n) is 17.8. The van der Waals surface area contributed by atoms with Crippen molar-refractivity contribution in [3.63, 3.8) is 0 Å². The zero-order valence-electron chi connectivity index (χ0n) is 30.7. The quantitative estimate of drug-likeness (QED) is 0.181. The summed E-state index contributed by atoms with van der Waals surface area (Å²) < 4.78 is 33.1. The number of carbonyl (C=O) groups is 6. The highest BCUT2D eigenvalue weighted by molar-refractivity contribution is 5.99. The number of carbonyl (C=O) groups excluding carboxylic acids is 6. The van der Waals surface area contributed by atoms with E-state index < -0.39 is 89.8 Å². The van der Waals surface area contributed by atoms with Crippen LogP contribution in [0.1, 0.15) is 82.6 Å². The average molecular weight is 741 g/mol. The molecule has 0 spiro atoms. The second kappa shape index (κ2) is 16.6. The molecule has 3 aliphatic heterocycles. The molecule has 3 fully saturated rings. The van der Waals surface area contributed by atoms with E-state index in [9.17, 15) is 33.9 Å². The van der Waals surface area contributed by atoms with Gasteiger partial charge >= 0.3 is 23.9 Å². The molecule has 0 saturated carbocycles. The maximum absolute atomic E-state index is 13.9. The third kappa shape index (κ3) is 9.89. The summed E-state index contributed by atoms with van der Waals surface area (Å²) in [7, 11) is 0. The smallest absolute Gasteiger partial charge is 0.348 e. The van der Waals surface area contributed by atoms with Gasteiger partial charge in [0.1, 0.15) is 43.4 Å². The van der Waals surface area contributed by atoms with Crippen molar-refractivity contribution in [1.82, 2.24) is 10.2 Å². The molecule has 6 atom stereocenters. The minimum atomic E-state index is -1.06. The SMILES string of the molecule is CC(C)(C)OC(=O)CC[C@@H](CO)NC(=O)[C@H]1CCCN1C(=O)C1=C[C@H]2OCO[C@H]2[C@H](OC(=O)c2ccccc2C=CC(=O)O[C@H]2C(=O)OCC2(C)C)C1. The van der Waals surface area contributed by atoms with E-state index in [1.807, 2.05) is 0 Å². The summed E-state index contributed by atoms with van der Waals surface area (Å²) in [5, 5.41) is 12.7. The summed E-state index contributed by atoms with van der Waals surface area (Å²) in [5.74, 6) is -3.45. The van der Waals surface area contributed by atoms with Crippen molar-refractivity contribution in [3.05, 3.63) is 53.1 Å². The number of likely N-dealkylation sites (tertiary alicyclic amines) is 1. The summed E-state index contributed by atoms with van der Waals surface area (Å²) in [5.41, 5.74) is -0.564. The topological polar surface area (TPSA) is 193 Å². The zero-order valence-corrected chi connectivity index (χ0v) is 30.7. The van der Waals surface area contributed by atoms with Gasteiger partial charge in [0.25, 0.3) is 0 Å². The molecule has 53 heavy (non-hydrogen) atoms. The summed E-state index contributed by atoms with van der Waals surface area (Å²) in [4.78, 5) is 79.2. The number of nitrogens with zero attached hydrogens (tertiary/aromatic N) is 1. The third-order valence-electron chi connectivity index (χ3n) is 9.35. The number of cyclic esters (lactones) is 1. The Morgan fingerprint density at radius 2 is 1.87 bits per heavy atom. The molecule has 15 nitrogen and oxygen atoms in total. The summed E-state index contributed by atoms with van der Waals surface area (Å²) in [6.07, 6.45) is 1.92. The van der Waals surface area contributed by atoms with Gasteiger partial charge in [-0.3, -0.25) is 14.4 Å². The van der Waals surface area contributed by atoms with Gasteiger partial charge in [-0.05, 0) is 63.8 Å². The van der Waals surface area contributed by atoms with Crippen LogP contribution in [0.25, 0.3) is 6.08 Å². The van der Waals surface area contributed by atoms with Crippen LogP contribution in [0.4, 0.5) is 0 Å². The fourth-order valence-corrected chi connectivity index (χ4v) is 6.65. The maximum Gasteiger partial charge on any atom is 0.348 e. The van der Waals surface area contributed by atoms with Crippen LogP contribution in [-0.2, 0) is 52.4 Å². The fourth-order valence-electron chi connectivity index (χ4n) is 6.65. The molecular weight excluding hydrogens is 692 g/mol. The van der Waals surface area contributed by atoms with Crippen molar-refractivity contribution >= 4 is 41.8 Å². The maximum atomic E-state index is 13.9. The minimum Gasteiger partial charge on any atom is -0.462 e. The van der Waals surface area contributed by atoms with E-state index in [1.54, 1.807) is 58.9 Å². The zero-order chi connectivity index (χ0) is 38.5. The number of esters is 4. The van der Waals surface area contributed by atoms with Crippen LogP contribution in [0.15, 0.2) is 42.0 Å². The van der Waals surface area contributed by atoms with E-state index in [0.717, 1.165) is 6.08 Å². The number of ether oxygens (including phenoxy) is 6. The molecule has 15 heteroatoms. The molecule has 288 valence electrons. The molecule has 0 aromatic heterocycles. The second-order valence-electron chi connectivity index (χ2n) is 15.2. The van der Waals surface area contributed by atoms with Crippen molar-refractivity contribution in [2.45, 2.75) is 109 Å². The number of hydrogen-bond donors (Lipinski definition) is 2. The largest absolute Gasteiger partial charge is 0.462 e. The Morgan fingerprint density at radius 3 is 2.57 bits per heavy atom. The Kier molecular flexibility index (Phi) is 12.4. The van der Waals surface area contributed by atoms with Crippen LogP contribution in [0.3, 0.4) is 0 Å². The van der Waals surface area contributed by atoms with Crippen molar-refractivity contribution < 1.29 is 62.3 Å². The molecule has 4 aliphatic rings. The van der Waals surface area contributed by atoms with Gasteiger partial charge in [-0.15, -0.1) is 0 Å². The van der Waals surface area contributed by atoms with Gasteiger partial charge in [0, 0.05) is 36.5 Å². The van der Waals surface area contributed by atoms with Gasteiger partial charge in [-0.2, -0.15) is 0 Å². The Morgan fingerprint density at radius 1 is 1.11 bits per heavy atom. The minimum absolute atomic E-state index is 0.00206. The monoisotopic (exact) mass is 740 g/mol. The lowest BCUT2D eigenvalue weighted by atomic mass is 9.90. The lowest BCUT2D eigenvalue weighted by molar-refractivity contribution is -0.159. The molecule has 0 bridgehead atoms. The van der Waals surface area contributed by atoms with Gasteiger partial charge in [-0.25, -0.2) is 14.4 Å². The van der Waals surface area contributed by atoms with Gasteiger partial charge in [0.2, 0.25) is 17.9 Å². The highest BCUT2D eigenvalue weighted by atomic mass is 16.7. The van der Waals surface area contributed by atoms with Crippen LogP contribution in [0.2, 0.25) is 0 Å². The lowest BCUT2D eigenvalue weighted by Crippen LogP contribution is -2.51. The van der Waals surface area contributed by atoms with E-state index in [0.29, 0.717) is 30.5 Å². The standard InChI is InChI=1S/C38H48N2O13/c1-37(2,3)53-30(43)15-13-24(19-41)39-33(44)26-11-8-16-40(26)34(45)23-17-27-31(50-21-49-27)28(18-23)51-35(46)25-10-7-6-9-22(25)12-14-29(42)52-32-36(47)48-20-38(32,4)5/h6-7,9-10,12,14,17,24,26-28,31-32,41H,8,11,13,15-16,18-21H2,1-5H3,(H,39,44)/t24-,26+,27+,28+,31+,32-/m0/s1. The van der Waals surface area contributed by atoms with Crippen LogP contribution in [0, 0.1) is 5.41 Å². The third-order valence-corrected chi connectivity index (χ3v) is 9.35. The van der Waals surface area contributed by atoms with E-state index in [2.05, 4.69) is 5.32 Å². The fraction of sp³-hybridized carbons (Fsp3) is 0.579. The number of nitrogens with one attached hydrogen (secondary N) is 1. The summed E-state index contributed by atoms with van der Waals surface area (Å²) in [6.45, 7) is 8.72. The Balaban J connectivity index is 1.22. The molecule has 0 radical (unpaired) electrons. The van der Waals surface area contributed by atoms with Crippen molar-refractivity contribution in [1.29, 1.82) is 0 Å². The molecule has 2 amide bonds. The van der Waals surface area contributed by atoms with Crippen molar-refractivity contribution in [2.24, 2.45) is 5.41 Å². The predicted octanol–water partition coefficient (Wildman–Crippen LogP) is 2.38. The molecule has 1 aromatic carbocycles. The molecule has 3 saturated heterocycles. The normalized spacial score (nSPS) is 25.6. The van der Waals surface area contributed by atoms with Gasteiger partial charge in [-0.1, -0.05) is 32.0 Å². The molecular formula is C38H48N2O13. The Bertz CT molecular complexity index is 1640. The van der Waals surface area contributed by atoms with Crippen LogP contribution < -0.4 is 5.32 Å². The molecule has 3 heterocycles. The summed E-state index contributed by atoms with van der Waals surface area (Å²) in [6, 6.07) is 4.93. The first-order chi connectivity index (χ1) is 25.1. The number of hydrogen-bond acceptors (Lipinski definition) is 13. The lowest BCUT2D eigenvalue weighted by Gasteiger charge is -2.33. The Hall–Kier alpha value is -4.60. The Labute approximate surface area is 307 Å². The summed E-state index contributed by atoms with van der Waals surface area (Å²) >= 11 is 0. The number of aliphatic hydroxyl groups is 1. The average Bonchev–Trinajstić information content (AvgIpc) is 3.85. The molecule has 1 aliphatic carbocycles. The van der Waals surface area contributed by atoms with E-state index in [1.165, 1.54) is 17.0 Å². The number of amides is 2. The van der Waals surface area contributed by atoms with Crippen LogP contribution in [-0.4, -0.2) is 114 Å². The molecule has 0 unspecified atom stereocenters. The van der Waals surface area contributed by atoms with E-state index in [-0.39, 0.29) is 38.2 Å². The van der Waals surface area contributed by atoms with Crippen LogP contribution in [0.5, 0.6) is 0 Å². The van der Waals surface area contributed by atoms with E-state index >= 15 is 0 Å². The highest BCUT2D eigenvalue weighted by Gasteiger charge is 2.47. The van der Waals surface area contributed by atoms with Gasteiger partial charge < -0.3 is 43.7 Å². The number of aliphatic hydroxyl groups excluding tert-OH is 1. The molecule has 5 rings (SSSR count). The number of fused-ring (bicyclic) bond motifs is 1. The van der Waals surface area contributed by atoms with Gasteiger partial charge in [0.05, 0.1) is 18.2 Å². The molecule has 2 N–H and O–H groups in total. The highest BCUT2D eigenvalue weighted by Crippen LogP contribution is 2.34. The van der Waals surface area contributed by atoms with Crippen LogP contribution >= 0.6 is 0 Å². The first-order valence-corrected chi connectivity index (χ1v) is 17.8. The van der Waals surface area contributed by atoms with Crippen molar-refractivity contribution in [3.8, 4) is 0 Å². The van der Waals surface area contributed by atoms with E-state index in [4.69, 9.17) is 28.4 Å². The number of benzene rings is 1. The first kappa shape index (κ1) is 39.6. The second-order valence-corrected chi connectivity index (χ2v) is 15.2. The predicted molar refractivity (Wildman–Crippen MR) is 185 cm³/mol. The molecule has 1 aromatic rings. The number of rotatable bonds is 12.